The van der Waals surface area contributed by atoms with Gasteiger partial charge in [0.1, 0.15) is 10.5 Å². The van der Waals surface area contributed by atoms with Gasteiger partial charge in [0.15, 0.2) is 0 Å². The van der Waals surface area contributed by atoms with Gasteiger partial charge in [-0.15, -0.1) is 0 Å². The van der Waals surface area contributed by atoms with E-state index in [0.717, 1.165) is 0 Å². The van der Waals surface area contributed by atoms with E-state index in [2.05, 4.69) is 15.3 Å². The van der Waals surface area contributed by atoms with Crippen molar-refractivity contribution in [2.45, 2.75) is 38.5 Å². The minimum absolute atomic E-state index is 0.0243. The number of amides is 1. The lowest BCUT2D eigenvalue weighted by Gasteiger charge is -2.31. The maximum atomic E-state index is 13.4. The van der Waals surface area contributed by atoms with Gasteiger partial charge in [0, 0.05) is 30.7 Å². The molecule has 1 saturated heterocycles. The Kier molecular flexibility index (Phi) is 6.57. The van der Waals surface area contributed by atoms with Crippen molar-refractivity contribution < 1.29 is 22.7 Å². The molecule has 1 fully saturated rings. The predicted octanol–water partition coefficient (Wildman–Crippen LogP) is 2.24. The Morgan fingerprint density at radius 2 is 2.10 bits per heavy atom. The number of pyridine rings is 1. The molecule has 0 unspecified atom stereocenters. The maximum absolute atomic E-state index is 13.4. The molecule has 0 saturated carbocycles. The molecule has 162 valence electrons. The van der Waals surface area contributed by atoms with Crippen LogP contribution in [-0.4, -0.2) is 54.3 Å². The first-order valence-corrected chi connectivity index (χ1v) is 11.3. The number of rotatable bonds is 6. The monoisotopic (exact) mass is 434 g/mol. The molecule has 0 bridgehead atoms. The molecule has 1 atom stereocenters. The Morgan fingerprint density at radius 1 is 1.33 bits per heavy atom. The first-order chi connectivity index (χ1) is 14.3. The summed E-state index contributed by atoms with van der Waals surface area (Å²) in [5, 5.41) is 2.78. The highest BCUT2D eigenvalue weighted by atomic mass is 32.2. The lowest BCUT2D eigenvalue weighted by atomic mass is 9.99. The Hall–Kier alpha value is -2.72. The highest BCUT2D eigenvalue weighted by Crippen LogP contribution is 2.30. The third-order valence-corrected chi connectivity index (χ3v) is 7.12. The minimum atomic E-state index is -4.00. The van der Waals surface area contributed by atoms with Crippen LogP contribution in [0.4, 0.5) is 5.69 Å². The van der Waals surface area contributed by atoms with Crippen LogP contribution in [0.15, 0.2) is 29.4 Å². The van der Waals surface area contributed by atoms with Crippen LogP contribution in [0.25, 0.3) is 0 Å². The van der Waals surface area contributed by atoms with Gasteiger partial charge in [-0.1, -0.05) is 0 Å². The third kappa shape index (κ3) is 4.39. The van der Waals surface area contributed by atoms with E-state index >= 15 is 0 Å². The fourth-order valence-electron chi connectivity index (χ4n) is 3.71. The molecule has 0 spiro atoms. The fraction of sp³-hybridized carbons (Fsp3) is 0.450. The minimum Gasteiger partial charge on any atom is -0.462 e. The summed E-state index contributed by atoms with van der Waals surface area (Å²) in [6.45, 7) is 5.38. The molecule has 2 N–H and O–H groups in total. The summed E-state index contributed by atoms with van der Waals surface area (Å²) in [6, 6.07) is 3.43. The fourth-order valence-corrected chi connectivity index (χ4v) is 5.65. The second kappa shape index (κ2) is 8.97. The van der Waals surface area contributed by atoms with Crippen LogP contribution in [0, 0.1) is 19.8 Å². The van der Waals surface area contributed by atoms with Gasteiger partial charge in [-0.25, -0.2) is 13.2 Å². The number of aryl methyl sites for hydroxylation is 2. The van der Waals surface area contributed by atoms with E-state index in [4.69, 9.17) is 4.74 Å². The normalized spacial score (nSPS) is 17.5. The van der Waals surface area contributed by atoms with E-state index in [1.165, 1.54) is 10.5 Å². The molecule has 10 heteroatoms. The quantitative estimate of drug-likeness (QED) is 0.673. The van der Waals surface area contributed by atoms with Gasteiger partial charge >= 0.3 is 5.97 Å². The highest BCUT2D eigenvalue weighted by molar-refractivity contribution is 7.89. The van der Waals surface area contributed by atoms with Crippen molar-refractivity contribution in [3.63, 3.8) is 0 Å². The van der Waals surface area contributed by atoms with Crippen LogP contribution in [0.3, 0.4) is 0 Å². The van der Waals surface area contributed by atoms with Crippen molar-refractivity contribution in [1.82, 2.24) is 14.3 Å². The number of sulfonamides is 1. The molecule has 2 aromatic heterocycles. The average Bonchev–Trinajstić information content (AvgIpc) is 3.03. The molecular formula is C20H26N4O5S. The van der Waals surface area contributed by atoms with Crippen LogP contribution in [0.1, 0.15) is 41.5 Å². The summed E-state index contributed by atoms with van der Waals surface area (Å²) in [5.74, 6) is -1.43. The van der Waals surface area contributed by atoms with E-state index in [9.17, 15) is 18.0 Å². The predicted molar refractivity (Wildman–Crippen MR) is 111 cm³/mol. The highest BCUT2D eigenvalue weighted by Gasteiger charge is 2.38. The maximum Gasteiger partial charge on any atom is 0.341 e. The number of anilines is 1. The molecule has 30 heavy (non-hydrogen) atoms. The van der Waals surface area contributed by atoms with Crippen molar-refractivity contribution in [3.8, 4) is 0 Å². The largest absolute Gasteiger partial charge is 0.462 e. The number of nitrogens with zero attached hydrogens (tertiary/aromatic N) is 2. The lowest BCUT2D eigenvalue weighted by molar-refractivity contribution is -0.120. The molecular weight excluding hydrogens is 408 g/mol. The number of ether oxygens (including phenoxy) is 1. The Bertz CT molecular complexity index is 1030. The van der Waals surface area contributed by atoms with Crippen molar-refractivity contribution >= 4 is 27.6 Å². The molecule has 9 nitrogen and oxygen atoms in total. The first kappa shape index (κ1) is 22.0. The van der Waals surface area contributed by atoms with Gasteiger partial charge in [-0.2, -0.15) is 4.31 Å². The van der Waals surface area contributed by atoms with Gasteiger partial charge in [0.05, 0.1) is 24.4 Å². The first-order valence-electron chi connectivity index (χ1n) is 9.83. The summed E-state index contributed by atoms with van der Waals surface area (Å²) in [6.07, 6.45) is 4.26. The van der Waals surface area contributed by atoms with Crippen molar-refractivity contribution in [1.29, 1.82) is 0 Å². The third-order valence-electron chi connectivity index (χ3n) is 5.08. The SMILES string of the molecule is CCOC(=O)c1c(C)[nH]c(C)c1S(=O)(=O)N1CCC[C@@H](C(=O)Nc2cccnc2)C1. The molecule has 0 aromatic carbocycles. The number of aromatic amines is 1. The molecule has 2 aromatic rings. The summed E-state index contributed by atoms with van der Waals surface area (Å²) in [5.41, 5.74) is 1.39. The van der Waals surface area contributed by atoms with E-state index in [1.807, 2.05) is 0 Å². The van der Waals surface area contributed by atoms with Gasteiger partial charge in [-0.3, -0.25) is 9.78 Å². The number of hydrogen-bond acceptors (Lipinski definition) is 6. The average molecular weight is 435 g/mol. The van der Waals surface area contributed by atoms with Gasteiger partial charge in [0.25, 0.3) is 0 Å². The topological polar surface area (TPSA) is 121 Å². The van der Waals surface area contributed by atoms with Gasteiger partial charge in [0.2, 0.25) is 15.9 Å². The number of carbonyl (C=O) groups is 2. The number of aromatic nitrogens is 2. The zero-order valence-electron chi connectivity index (χ0n) is 17.3. The molecule has 0 aliphatic carbocycles. The molecule has 3 heterocycles. The second-order valence-electron chi connectivity index (χ2n) is 7.23. The van der Waals surface area contributed by atoms with E-state index in [0.29, 0.717) is 29.9 Å². The Morgan fingerprint density at radius 3 is 2.77 bits per heavy atom. The number of hydrogen-bond donors (Lipinski definition) is 2. The zero-order valence-corrected chi connectivity index (χ0v) is 18.1. The standard InChI is InChI=1S/C20H26N4O5S/c1-4-29-20(26)17-13(2)22-14(3)18(17)30(27,28)24-10-6-7-15(12-24)19(25)23-16-8-5-9-21-11-16/h5,8-9,11,15,22H,4,6-7,10,12H2,1-3H3,(H,23,25)/t15-/m1/s1. The van der Waals surface area contributed by atoms with Crippen molar-refractivity contribution in [3.05, 3.63) is 41.5 Å². The Labute approximate surface area is 175 Å². The van der Waals surface area contributed by atoms with Crippen LogP contribution in [0.2, 0.25) is 0 Å². The summed E-state index contributed by atoms with van der Waals surface area (Å²) >= 11 is 0. The van der Waals surface area contributed by atoms with E-state index < -0.39 is 21.9 Å². The lowest BCUT2D eigenvalue weighted by Crippen LogP contribution is -2.44. The molecule has 1 amide bonds. The molecule has 3 rings (SSSR count). The number of carbonyl (C=O) groups excluding carboxylic acids is 2. The summed E-state index contributed by atoms with van der Waals surface area (Å²) in [4.78, 5) is 31.9. The number of nitrogens with one attached hydrogen (secondary N) is 2. The number of H-pyrrole nitrogens is 1. The number of piperidine rings is 1. The number of esters is 1. The summed E-state index contributed by atoms with van der Waals surface area (Å²) in [7, 11) is -4.00. The molecule has 1 aliphatic heterocycles. The molecule has 1 aliphatic rings. The molecule has 0 radical (unpaired) electrons. The zero-order chi connectivity index (χ0) is 21.9. The van der Waals surface area contributed by atoms with Crippen LogP contribution < -0.4 is 5.32 Å². The van der Waals surface area contributed by atoms with Crippen LogP contribution in [0.5, 0.6) is 0 Å². The van der Waals surface area contributed by atoms with Crippen molar-refractivity contribution in [2.75, 3.05) is 25.0 Å². The van der Waals surface area contributed by atoms with Crippen LogP contribution in [-0.2, 0) is 19.6 Å². The van der Waals surface area contributed by atoms with Gasteiger partial charge < -0.3 is 15.0 Å². The van der Waals surface area contributed by atoms with E-state index in [1.54, 1.807) is 39.1 Å². The smallest absolute Gasteiger partial charge is 0.341 e. The van der Waals surface area contributed by atoms with E-state index in [-0.39, 0.29) is 36.1 Å². The summed E-state index contributed by atoms with van der Waals surface area (Å²) < 4.78 is 33.2. The van der Waals surface area contributed by atoms with Crippen LogP contribution >= 0.6 is 0 Å². The van der Waals surface area contributed by atoms with Gasteiger partial charge in [-0.05, 0) is 45.7 Å². The second-order valence-corrected chi connectivity index (χ2v) is 9.11. The van der Waals surface area contributed by atoms with Crippen molar-refractivity contribution in [2.24, 2.45) is 5.92 Å². The Balaban J connectivity index is 1.85.